The molecular weight excluding hydrogens is 356 g/mol. The van der Waals surface area contributed by atoms with E-state index in [1.807, 2.05) is 36.4 Å². The standard InChI is InChI=1S/C21H12N4O3/c26-25(27)17-10-18-19(16-9-5-4-8-15(16)17)24-21(28-18)14-11-22-20(23-12-14)13-6-2-1-3-7-13/h1-12H. The van der Waals surface area contributed by atoms with Crippen molar-refractivity contribution in [2.24, 2.45) is 0 Å². The van der Waals surface area contributed by atoms with E-state index in [9.17, 15) is 10.1 Å². The first-order valence-corrected chi connectivity index (χ1v) is 8.55. The van der Waals surface area contributed by atoms with Gasteiger partial charge in [-0.05, 0) is 6.07 Å². The largest absolute Gasteiger partial charge is 0.436 e. The summed E-state index contributed by atoms with van der Waals surface area (Å²) in [4.78, 5) is 24.3. The van der Waals surface area contributed by atoms with E-state index in [1.165, 1.54) is 6.07 Å². The van der Waals surface area contributed by atoms with Crippen LogP contribution in [0.2, 0.25) is 0 Å². The van der Waals surface area contributed by atoms with Gasteiger partial charge in [0.05, 0.1) is 21.9 Å². The first kappa shape index (κ1) is 16.1. The Hall–Kier alpha value is -4.13. The molecule has 0 bridgehead atoms. The van der Waals surface area contributed by atoms with Crippen LogP contribution in [0, 0.1) is 10.1 Å². The smallest absolute Gasteiger partial charge is 0.281 e. The van der Waals surface area contributed by atoms with Crippen molar-refractivity contribution in [2.75, 3.05) is 0 Å². The average molecular weight is 368 g/mol. The Morgan fingerprint density at radius 1 is 0.857 bits per heavy atom. The Kier molecular flexibility index (Phi) is 3.58. The third-order valence-electron chi connectivity index (χ3n) is 4.51. The summed E-state index contributed by atoms with van der Waals surface area (Å²) in [6.07, 6.45) is 3.27. The molecule has 5 rings (SSSR count). The van der Waals surface area contributed by atoms with Crippen LogP contribution in [-0.4, -0.2) is 19.9 Å². The van der Waals surface area contributed by atoms with Gasteiger partial charge in [0.25, 0.3) is 5.69 Å². The quantitative estimate of drug-likeness (QED) is 0.328. The van der Waals surface area contributed by atoms with E-state index < -0.39 is 4.92 Å². The highest BCUT2D eigenvalue weighted by molar-refractivity contribution is 6.08. The fourth-order valence-corrected chi connectivity index (χ4v) is 3.19. The lowest BCUT2D eigenvalue weighted by Gasteiger charge is -1.99. The molecule has 5 aromatic rings. The second kappa shape index (κ2) is 6.24. The van der Waals surface area contributed by atoms with Crippen molar-refractivity contribution in [1.82, 2.24) is 15.0 Å². The minimum Gasteiger partial charge on any atom is -0.436 e. The molecule has 0 atom stereocenters. The summed E-state index contributed by atoms with van der Waals surface area (Å²) in [5, 5.41) is 12.6. The van der Waals surface area contributed by atoms with E-state index >= 15 is 0 Å². The maximum Gasteiger partial charge on any atom is 0.281 e. The molecule has 3 aromatic carbocycles. The van der Waals surface area contributed by atoms with Gasteiger partial charge in [-0.3, -0.25) is 10.1 Å². The van der Waals surface area contributed by atoms with Crippen LogP contribution in [0.15, 0.2) is 77.5 Å². The number of hydrogen-bond donors (Lipinski definition) is 0. The van der Waals surface area contributed by atoms with E-state index in [0.29, 0.717) is 39.2 Å². The van der Waals surface area contributed by atoms with Crippen molar-refractivity contribution >= 4 is 27.6 Å². The number of fused-ring (bicyclic) bond motifs is 3. The van der Waals surface area contributed by atoms with Gasteiger partial charge < -0.3 is 4.42 Å². The number of hydrogen-bond acceptors (Lipinski definition) is 6. The topological polar surface area (TPSA) is 95.0 Å². The number of rotatable bonds is 3. The Morgan fingerprint density at radius 2 is 1.54 bits per heavy atom. The molecule has 0 fully saturated rings. The summed E-state index contributed by atoms with van der Waals surface area (Å²) in [5.74, 6) is 0.918. The number of oxazole rings is 1. The van der Waals surface area contributed by atoms with Gasteiger partial charge in [-0.25, -0.2) is 15.0 Å². The fraction of sp³-hybridized carbons (Fsp3) is 0. The fourth-order valence-electron chi connectivity index (χ4n) is 3.19. The highest BCUT2D eigenvalue weighted by Crippen LogP contribution is 2.35. The molecule has 0 saturated heterocycles. The molecule has 0 spiro atoms. The zero-order chi connectivity index (χ0) is 19.1. The lowest BCUT2D eigenvalue weighted by molar-refractivity contribution is -0.383. The third-order valence-corrected chi connectivity index (χ3v) is 4.51. The van der Waals surface area contributed by atoms with Gasteiger partial charge in [0.15, 0.2) is 11.4 Å². The van der Waals surface area contributed by atoms with E-state index in [-0.39, 0.29) is 5.69 Å². The van der Waals surface area contributed by atoms with E-state index in [1.54, 1.807) is 30.6 Å². The number of nitro groups is 1. The lowest BCUT2D eigenvalue weighted by atomic mass is 10.1. The Bertz CT molecular complexity index is 1330. The average Bonchev–Trinajstić information content (AvgIpc) is 3.18. The summed E-state index contributed by atoms with van der Waals surface area (Å²) in [6, 6.07) is 18.1. The second-order valence-corrected chi connectivity index (χ2v) is 6.23. The van der Waals surface area contributed by atoms with Gasteiger partial charge >= 0.3 is 0 Å². The van der Waals surface area contributed by atoms with Crippen molar-refractivity contribution in [1.29, 1.82) is 0 Å². The Balaban J connectivity index is 1.64. The van der Waals surface area contributed by atoms with Crippen LogP contribution in [0.5, 0.6) is 0 Å². The predicted molar refractivity (Wildman–Crippen MR) is 105 cm³/mol. The molecule has 2 aromatic heterocycles. The number of benzene rings is 3. The minimum absolute atomic E-state index is 0.0125. The van der Waals surface area contributed by atoms with Gasteiger partial charge in [-0.1, -0.05) is 48.5 Å². The number of non-ortho nitro benzene ring substituents is 1. The summed E-state index contributed by atoms with van der Waals surface area (Å²) in [6.45, 7) is 0. The molecule has 2 heterocycles. The molecule has 7 nitrogen and oxygen atoms in total. The Morgan fingerprint density at radius 3 is 2.25 bits per heavy atom. The monoisotopic (exact) mass is 368 g/mol. The van der Waals surface area contributed by atoms with Crippen LogP contribution in [-0.2, 0) is 0 Å². The molecule has 7 heteroatoms. The molecule has 0 unspecified atom stereocenters. The number of nitro benzene ring substituents is 1. The first-order chi connectivity index (χ1) is 13.7. The maximum atomic E-state index is 11.4. The third kappa shape index (κ3) is 2.57. The van der Waals surface area contributed by atoms with Crippen molar-refractivity contribution in [3.63, 3.8) is 0 Å². The van der Waals surface area contributed by atoms with Crippen LogP contribution in [0.4, 0.5) is 5.69 Å². The molecule has 0 aliphatic heterocycles. The van der Waals surface area contributed by atoms with Crippen LogP contribution in [0.25, 0.3) is 44.7 Å². The van der Waals surface area contributed by atoms with Crippen LogP contribution < -0.4 is 0 Å². The molecule has 0 aliphatic rings. The molecule has 0 radical (unpaired) electrons. The van der Waals surface area contributed by atoms with Crippen molar-refractivity contribution in [2.45, 2.75) is 0 Å². The summed E-state index contributed by atoms with van der Waals surface area (Å²) >= 11 is 0. The molecule has 0 N–H and O–H groups in total. The number of aromatic nitrogens is 3. The normalized spacial score (nSPS) is 11.1. The molecule has 134 valence electrons. The first-order valence-electron chi connectivity index (χ1n) is 8.55. The Labute approximate surface area is 158 Å². The van der Waals surface area contributed by atoms with Gasteiger partial charge in [0, 0.05) is 23.3 Å². The summed E-state index contributed by atoms with van der Waals surface area (Å²) in [5.41, 5.74) is 2.42. The zero-order valence-corrected chi connectivity index (χ0v) is 14.4. The minimum atomic E-state index is -0.415. The summed E-state index contributed by atoms with van der Waals surface area (Å²) < 4.78 is 5.80. The highest BCUT2D eigenvalue weighted by Gasteiger charge is 2.19. The molecule has 28 heavy (non-hydrogen) atoms. The highest BCUT2D eigenvalue weighted by atomic mass is 16.6. The van der Waals surface area contributed by atoms with E-state index in [0.717, 1.165) is 5.56 Å². The van der Waals surface area contributed by atoms with Crippen LogP contribution >= 0.6 is 0 Å². The lowest BCUT2D eigenvalue weighted by Crippen LogP contribution is -1.90. The SMILES string of the molecule is O=[N+]([O-])c1cc2oc(-c3cnc(-c4ccccc4)nc3)nc2c2ccccc12. The van der Waals surface area contributed by atoms with Crippen molar-refractivity contribution in [3.8, 4) is 22.8 Å². The van der Waals surface area contributed by atoms with Gasteiger partial charge in [-0.2, -0.15) is 0 Å². The van der Waals surface area contributed by atoms with E-state index in [4.69, 9.17) is 4.42 Å². The van der Waals surface area contributed by atoms with Crippen molar-refractivity contribution in [3.05, 3.63) is 83.2 Å². The summed E-state index contributed by atoms with van der Waals surface area (Å²) in [7, 11) is 0. The van der Waals surface area contributed by atoms with Gasteiger partial charge in [0.1, 0.15) is 5.52 Å². The molecule has 0 aliphatic carbocycles. The van der Waals surface area contributed by atoms with Gasteiger partial charge in [0.2, 0.25) is 5.89 Å². The second-order valence-electron chi connectivity index (χ2n) is 6.23. The molecule has 0 amide bonds. The zero-order valence-electron chi connectivity index (χ0n) is 14.4. The predicted octanol–water partition coefficient (Wildman–Crippen LogP) is 5.01. The van der Waals surface area contributed by atoms with E-state index in [2.05, 4.69) is 15.0 Å². The number of nitrogens with zero attached hydrogens (tertiary/aromatic N) is 4. The molecular formula is C21H12N4O3. The molecule has 0 saturated carbocycles. The van der Waals surface area contributed by atoms with Crippen molar-refractivity contribution < 1.29 is 9.34 Å². The van der Waals surface area contributed by atoms with Crippen LogP contribution in [0.1, 0.15) is 0 Å². The van der Waals surface area contributed by atoms with Gasteiger partial charge in [-0.15, -0.1) is 0 Å². The maximum absolute atomic E-state index is 11.4. The van der Waals surface area contributed by atoms with Crippen LogP contribution in [0.3, 0.4) is 0 Å².